The number of thiophene rings is 1. The lowest BCUT2D eigenvalue weighted by atomic mass is 10.3. The van der Waals surface area contributed by atoms with Crippen LogP contribution in [0.5, 0.6) is 5.75 Å². The maximum Gasteiger partial charge on any atom is 0.210 e. The van der Waals surface area contributed by atoms with Gasteiger partial charge in [-0.25, -0.2) is 0 Å². The molecule has 0 unspecified atom stereocenters. The number of nitrogens with one attached hydrogen (secondary N) is 1. The van der Waals surface area contributed by atoms with Gasteiger partial charge < -0.3 is 10.1 Å². The molecular weight excluding hydrogens is 358 g/mol. The van der Waals surface area contributed by atoms with Crippen LogP contribution in [-0.4, -0.2) is 17.3 Å². The molecule has 0 aliphatic rings. The summed E-state index contributed by atoms with van der Waals surface area (Å²) in [7, 11) is 1.65. The SMILES string of the molecule is COc1ccc(Nc2nnc(SCc3ccc(Cl)s3)s2)cc1. The van der Waals surface area contributed by atoms with Crippen molar-refractivity contribution in [2.75, 3.05) is 12.4 Å². The van der Waals surface area contributed by atoms with E-state index in [-0.39, 0.29) is 0 Å². The van der Waals surface area contributed by atoms with E-state index in [1.165, 1.54) is 16.2 Å². The fourth-order valence-corrected chi connectivity index (χ4v) is 4.58. The Morgan fingerprint density at radius 2 is 1.95 bits per heavy atom. The molecule has 2 aromatic heterocycles. The second-order valence-corrected chi connectivity index (χ2v) is 8.22. The van der Waals surface area contributed by atoms with Crippen LogP contribution in [0.15, 0.2) is 40.7 Å². The minimum atomic E-state index is 0.775. The lowest BCUT2D eigenvalue weighted by Gasteiger charge is -2.03. The van der Waals surface area contributed by atoms with Gasteiger partial charge in [-0.2, -0.15) is 0 Å². The first kappa shape index (κ1) is 15.6. The van der Waals surface area contributed by atoms with E-state index in [0.29, 0.717) is 0 Å². The van der Waals surface area contributed by atoms with Crippen molar-refractivity contribution in [1.29, 1.82) is 0 Å². The third-order valence-electron chi connectivity index (χ3n) is 2.71. The normalized spacial score (nSPS) is 10.6. The molecule has 2 heterocycles. The average Bonchev–Trinajstić information content (AvgIpc) is 3.15. The van der Waals surface area contributed by atoms with Crippen molar-refractivity contribution < 1.29 is 4.74 Å². The van der Waals surface area contributed by atoms with Gasteiger partial charge in [-0.1, -0.05) is 34.7 Å². The lowest BCUT2D eigenvalue weighted by Crippen LogP contribution is -1.89. The molecule has 0 spiro atoms. The molecule has 0 atom stereocenters. The first-order valence-electron chi connectivity index (χ1n) is 6.34. The van der Waals surface area contributed by atoms with Crippen molar-refractivity contribution in [2.24, 2.45) is 0 Å². The number of nitrogens with zero attached hydrogens (tertiary/aromatic N) is 2. The third-order valence-corrected chi connectivity index (χ3v) is 6.15. The summed E-state index contributed by atoms with van der Waals surface area (Å²) in [5.74, 6) is 1.68. The van der Waals surface area contributed by atoms with Crippen LogP contribution in [0.1, 0.15) is 4.88 Å². The van der Waals surface area contributed by atoms with Gasteiger partial charge >= 0.3 is 0 Å². The topological polar surface area (TPSA) is 47.0 Å². The maximum absolute atomic E-state index is 5.92. The van der Waals surface area contributed by atoms with E-state index in [2.05, 4.69) is 15.5 Å². The molecule has 0 amide bonds. The molecule has 0 bridgehead atoms. The number of ether oxygens (including phenoxy) is 1. The zero-order chi connectivity index (χ0) is 15.4. The Bertz CT molecular complexity index is 742. The van der Waals surface area contributed by atoms with Gasteiger partial charge in [-0.15, -0.1) is 21.5 Å². The summed E-state index contributed by atoms with van der Waals surface area (Å²) in [6.07, 6.45) is 0. The van der Waals surface area contributed by atoms with Crippen LogP contribution in [-0.2, 0) is 5.75 Å². The number of halogens is 1. The van der Waals surface area contributed by atoms with Crippen LogP contribution in [0.2, 0.25) is 4.34 Å². The van der Waals surface area contributed by atoms with Gasteiger partial charge in [0.05, 0.1) is 11.4 Å². The van der Waals surface area contributed by atoms with Gasteiger partial charge in [-0.3, -0.25) is 0 Å². The molecule has 3 aromatic rings. The Morgan fingerprint density at radius 3 is 2.64 bits per heavy atom. The molecule has 8 heteroatoms. The molecule has 0 saturated carbocycles. The number of thioether (sulfide) groups is 1. The maximum atomic E-state index is 5.92. The first-order valence-corrected chi connectivity index (χ1v) is 9.34. The monoisotopic (exact) mass is 369 g/mol. The highest BCUT2D eigenvalue weighted by Gasteiger charge is 2.07. The van der Waals surface area contributed by atoms with Crippen molar-refractivity contribution in [2.45, 2.75) is 10.1 Å². The van der Waals surface area contributed by atoms with Crippen molar-refractivity contribution in [3.05, 3.63) is 45.6 Å². The zero-order valence-electron chi connectivity index (χ0n) is 11.6. The Hall–Kier alpha value is -1.28. The fraction of sp³-hybridized carbons (Fsp3) is 0.143. The van der Waals surface area contributed by atoms with Crippen LogP contribution in [0.25, 0.3) is 0 Å². The highest BCUT2D eigenvalue weighted by atomic mass is 35.5. The number of aromatic nitrogens is 2. The summed E-state index contributed by atoms with van der Waals surface area (Å²) in [6, 6.07) is 11.6. The summed E-state index contributed by atoms with van der Waals surface area (Å²) in [6.45, 7) is 0. The Kier molecular flexibility index (Phi) is 5.20. The highest BCUT2D eigenvalue weighted by Crippen LogP contribution is 2.32. The van der Waals surface area contributed by atoms with Gasteiger partial charge in [0, 0.05) is 16.3 Å². The number of hydrogen-bond acceptors (Lipinski definition) is 7. The van der Waals surface area contributed by atoms with Gasteiger partial charge in [-0.05, 0) is 36.4 Å². The number of hydrogen-bond donors (Lipinski definition) is 1. The van der Waals surface area contributed by atoms with Gasteiger partial charge in [0.15, 0.2) is 4.34 Å². The van der Waals surface area contributed by atoms with E-state index in [0.717, 1.165) is 31.0 Å². The smallest absolute Gasteiger partial charge is 0.210 e. The predicted octanol–water partition coefficient (Wildman–Crippen LogP) is 5.30. The summed E-state index contributed by atoms with van der Waals surface area (Å²) in [4.78, 5) is 1.23. The lowest BCUT2D eigenvalue weighted by molar-refractivity contribution is 0.415. The molecule has 0 saturated heterocycles. The quantitative estimate of drug-likeness (QED) is 0.597. The number of benzene rings is 1. The zero-order valence-corrected chi connectivity index (χ0v) is 14.8. The van der Waals surface area contributed by atoms with Crippen LogP contribution in [0.4, 0.5) is 10.8 Å². The molecule has 0 aliphatic carbocycles. The van der Waals surface area contributed by atoms with Gasteiger partial charge in [0.25, 0.3) is 0 Å². The molecule has 1 aromatic carbocycles. The molecule has 1 N–H and O–H groups in total. The van der Waals surface area contributed by atoms with Gasteiger partial charge in [0.1, 0.15) is 5.75 Å². The highest BCUT2D eigenvalue weighted by molar-refractivity contribution is 8.00. The summed E-state index contributed by atoms with van der Waals surface area (Å²) in [5, 5.41) is 12.3. The molecule has 0 radical (unpaired) electrons. The van der Waals surface area contributed by atoms with E-state index in [9.17, 15) is 0 Å². The van der Waals surface area contributed by atoms with E-state index in [1.807, 2.05) is 36.4 Å². The van der Waals surface area contributed by atoms with Crippen LogP contribution >= 0.6 is 46.0 Å². The Labute approximate surface area is 145 Å². The molecular formula is C14H12ClN3OS3. The molecule has 0 aliphatic heterocycles. The predicted molar refractivity (Wildman–Crippen MR) is 95.1 cm³/mol. The minimum absolute atomic E-state index is 0.775. The number of anilines is 2. The molecule has 22 heavy (non-hydrogen) atoms. The standard InChI is InChI=1S/C14H12ClN3OS3/c1-19-10-4-2-9(3-5-10)16-13-17-18-14(22-13)20-8-11-6-7-12(15)21-11/h2-7H,8H2,1H3,(H,16,17). The van der Waals surface area contributed by atoms with Gasteiger partial charge in [0.2, 0.25) is 5.13 Å². The fourth-order valence-electron chi connectivity index (χ4n) is 1.68. The van der Waals surface area contributed by atoms with Crippen molar-refractivity contribution in [3.63, 3.8) is 0 Å². The summed E-state index contributed by atoms with van der Waals surface area (Å²) >= 11 is 10.7. The molecule has 0 fully saturated rings. The summed E-state index contributed by atoms with van der Waals surface area (Å²) in [5.41, 5.74) is 0.957. The van der Waals surface area contributed by atoms with Crippen molar-refractivity contribution in [1.82, 2.24) is 10.2 Å². The van der Waals surface area contributed by atoms with E-state index in [1.54, 1.807) is 30.2 Å². The molecule has 114 valence electrons. The van der Waals surface area contributed by atoms with Crippen LogP contribution < -0.4 is 10.1 Å². The Balaban J connectivity index is 1.58. The van der Waals surface area contributed by atoms with E-state index >= 15 is 0 Å². The number of methoxy groups -OCH3 is 1. The minimum Gasteiger partial charge on any atom is -0.497 e. The van der Waals surface area contributed by atoms with E-state index < -0.39 is 0 Å². The first-order chi connectivity index (χ1) is 10.7. The third kappa shape index (κ3) is 4.13. The van der Waals surface area contributed by atoms with Crippen LogP contribution in [0, 0.1) is 0 Å². The number of rotatable bonds is 6. The second kappa shape index (κ2) is 7.32. The van der Waals surface area contributed by atoms with Crippen molar-refractivity contribution >= 4 is 56.9 Å². The summed E-state index contributed by atoms with van der Waals surface area (Å²) < 4.78 is 6.88. The largest absolute Gasteiger partial charge is 0.497 e. The molecule has 3 rings (SSSR count). The van der Waals surface area contributed by atoms with E-state index in [4.69, 9.17) is 16.3 Å². The van der Waals surface area contributed by atoms with Crippen molar-refractivity contribution in [3.8, 4) is 5.75 Å². The molecule has 4 nitrogen and oxygen atoms in total. The van der Waals surface area contributed by atoms with Crippen LogP contribution in [0.3, 0.4) is 0 Å². The average molecular weight is 370 g/mol. The Morgan fingerprint density at radius 1 is 1.14 bits per heavy atom. The second-order valence-electron chi connectivity index (χ2n) is 4.22.